The van der Waals surface area contributed by atoms with Gasteiger partial charge in [-0.05, 0) is 0 Å². The van der Waals surface area contributed by atoms with E-state index in [1.165, 1.54) is 6.33 Å². The van der Waals surface area contributed by atoms with Crippen molar-refractivity contribution in [3.63, 3.8) is 0 Å². The molecule has 0 saturated heterocycles. The SMILES string of the molecule is Nc1ncnc2nc(C(F)F)[nH]c12. The second kappa shape index (κ2) is 2.61. The summed E-state index contributed by atoms with van der Waals surface area (Å²) in [6.07, 6.45) is -1.48. The normalized spacial score (nSPS) is 11.3. The zero-order valence-electron chi connectivity index (χ0n) is 6.33. The molecule has 0 amide bonds. The zero-order chi connectivity index (χ0) is 9.42. The number of hydrogen-bond donors (Lipinski definition) is 2. The highest BCUT2D eigenvalue weighted by Gasteiger charge is 2.14. The van der Waals surface area contributed by atoms with Crippen LogP contribution in [0, 0.1) is 0 Å². The number of nitrogen functional groups attached to an aromatic ring is 1. The number of nitrogens with two attached hydrogens (primary N) is 1. The molecule has 0 saturated carbocycles. The Hall–Kier alpha value is -1.79. The van der Waals surface area contributed by atoms with E-state index < -0.39 is 12.2 Å². The molecular formula is C6H5F2N5. The molecule has 0 spiro atoms. The number of nitrogens with one attached hydrogen (secondary N) is 1. The fourth-order valence-corrected chi connectivity index (χ4v) is 0.968. The number of aromatic amines is 1. The maximum absolute atomic E-state index is 12.2. The van der Waals surface area contributed by atoms with Gasteiger partial charge in [0.2, 0.25) is 0 Å². The third-order valence-corrected chi connectivity index (χ3v) is 1.54. The largest absolute Gasteiger partial charge is 0.382 e. The van der Waals surface area contributed by atoms with Gasteiger partial charge in [-0.25, -0.2) is 23.7 Å². The summed E-state index contributed by atoms with van der Waals surface area (Å²) in [6, 6.07) is 0. The van der Waals surface area contributed by atoms with Crippen molar-refractivity contribution in [3.8, 4) is 0 Å². The van der Waals surface area contributed by atoms with E-state index in [0.29, 0.717) is 0 Å². The Balaban J connectivity index is 2.68. The van der Waals surface area contributed by atoms with Crippen LogP contribution in [-0.4, -0.2) is 19.9 Å². The molecule has 0 unspecified atom stereocenters. The highest BCUT2D eigenvalue weighted by Crippen LogP contribution is 2.20. The molecule has 0 radical (unpaired) electrons. The molecular weight excluding hydrogens is 180 g/mol. The molecule has 2 heterocycles. The Bertz CT molecular complexity index is 438. The fraction of sp³-hybridized carbons (Fsp3) is 0.167. The minimum Gasteiger partial charge on any atom is -0.382 e. The molecule has 0 aliphatic carbocycles. The van der Waals surface area contributed by atoms with Gasteiger partial charge in [0.05, 0.1) is 0 Å². The highest BCUT2D eigenvalue weighted by atomic mass is 19.3. The van der Waals surface area contributed by atoms with Gasteiger partial charge in [-0.3, -0.25) is 0 Å². The molecule has 0 aliphatic rings. The summed E-state index contributed by atoms with van der Waals surface area (Å²) in [5.74, 6) is -0.327. The van der Waals surface area contributed by atoms with Gasteiger partial charge in [0.25, 0.3) is 6.43 Å². The van der Waals surface area contributed by atoms with Crippen molar-refractivity contribution in [1.29, 1.82) is 0 Å². The van der Waals surface area contributed by atoms with Crippen LogP contribution in [0.15, 0.2) is 6.33 Å². The van der Waals surface area contributed by atoms with Crippen LogP contribution < -0.4 is 5.73 Å². The van der Waals surface area contributed by atoms with Gasteiger partial charge in [-0.1, -0.05) is 0 Å². The quantitative estimate of drug-likeness (QED) is 0.690. The minimum absolute atomic E-state index is 0.115. The Morgan fingerprint density at radius 3 is 2.77 bits per heavy atom. The number of fused-ring (bicyclic) bond motifs is 1. The van der Waals surface area contributed by atoms with E-state index >= 15 is 0 Å². The number of alkyl halides is 2. The van der Waals surface area contributed by atoms with Crippen LogP contribution in [0.2, 0.25) is 0 Å². The summed E-state index contributed by atoms with van der Waals surface area (Å²) < 4.78 is 24.3. The summed E-state index contributed by atoms with van der Waals surface area (Å²) in [7, 11) is 0. The van der Waals surface area contributed by atoms with Gasteiger partial charge < -0.3 is 10.7 Å². The molecule has 0 atom stereocenters. The van der Waals surface area contributed by atoms with E-state index in [1.54, 1.807) is 0 Å². The number of halogens is 2. The van der Waals surface area contributed by atoms with Crippen LogP contribution in [0.5, 0.6) is 0 Å². The molecule has 5 nitrogen and oxygen atoms in total. The van der Waals surface area contributed by atoms with Crippen molar-refractivity contribution >= 4 is 17.0 Å². The third-order valence-electron chi connectivity index (χ3n) is 1.54. The molecule has 68 valence electrons. The first-order valence-electron chi connectivity index (χ1n) is 3.42. The van der Waals surface area contributed by atoms with Gasteiger partial charge in [0.15, 0.2) is 17.3 Å². The molecule has 0 aliphatic heterocycles. The van der Waals surface area contributed by atoms with Gasteiger partial charge >= 0.3 is 0 Å². The van der Waals surface area contributed by atoms with Crippen LogP contribution in [-0.2, 0) is 0 Å². The highest BCUT2D eigenvalue weighted by molar-refractivity contribution is 5.80. The Kier molecular flexibility index (Phi) is 1.57. The molecule has 2 rings (SSSR count). The van der Waals surface area contributed by atoms with Crippen molar-refractivity contribution in [2.24, 2.45) is 0 Å². The standard InChI is InChI=1S/C6H5F2N5/c7-3(8)6-12-2-4(9)10-1-11-5(2)13-6/h1,3H,(H3,9,10,11,12,13). The maximum atomic E-state index is 12.2. The average molecular weight is 185 g/mol. The van der Waals surface area contributed by atoms with Crippen molar-refractivity contribution in [1.82, 2.24) is 19.9 Å². The van der Waals surface area contributed by atoms with Gasteiger partial charge in [0.1, 0.15) is 11.8 Å². The lowest BCUT2D eigenvalue weighted by molar-refractivity contribution is 0.142. The second-order valence-corrected chi connectivity index (χ2v) is 2.38. The van der Waals surface area contributed by atoms with Crippen molar-refractivity contribution in [3.05, 3.63) is 12.2 Å². The Morgan fingerprint density at radius 1 is 1.38 bits per heavy atom. The summed E-state index contributed by atoms with van der Waals surface area (Å²) in [5.41, 5.74) is 5.81. The topological polar surface area (TPSA) is 80.5 Å². The number of aromatic nitrogens is 4. The Labute approximate surface area is 71.0 Å². The van der Waals surface area contributed by atoms with Crippen LogP contribution in [0.3, 0.4) is 0 Å². The minimum atomic E-state index is -2.66. The summed E-state index contributed by atoms with van der Waals surface area (Å²) in [5, 5.41) is 0. The van der Waals surface area contributed by atoms with Gasteiger partial charge in [-0.15, -0.1) is 0 Å². The molecule has 0 bridgehead atoms. The maximum Gasteiger partial charge on any atom is 0.295 e. The molecule has 2 aromatic rings. The number of H-pyrrole nitrogens is 1. The lowest BCUT2D eigenvalue weighted by Crippen LogP contribution is -1.91. The number of rotatable bonds is 1. The summed E-state index contributed by atoms with van der Waals surface area (Å²) in [6.45, 7) is 0. The van der Waals surface area contributed by atoms with Crippen LogP contribution in [0.25, 0.3) is 11.2 Å². The van der Waals surface area contributed by atoms with E-state index in [4.69, 9.17) is 5.73 Å². The van der Waals surface area contributed by atoms with E-state index in [9.17, 15) is 8.78 Å². The smallest absolute Gasteiger partial charge is 0.295 e. The predicted octanol–water partition coefficient (Wildman–Crippen LogP) is 0.873. The van der Waals surface area contributed by atoms with Crippen molar-refractivity contribution < 1.29 is 8.78 Å². The Morgan fingerprint density at radius 2 is 2.15 bits per heavy atom. The van der Waals surface area contributed by atoms with Gasteiger partial charge in [0, 0.05) is 0 Å². The number of hydrogen-bond acceptors (Lipinski definition) is 4. The fourth-order valence-electron chi connectivity index (χ4n) is 0.968. The van der Waals surface area contributed by atoms with E-state index in [2.05, 4.69) is 19.9 Å². The third kappa shape index (κ3) is 1.17. The first-order valence-corrected chi connectivity index (χ1v) is 3.42. The van der Waals surface area contributed by atoms with E-state index in [1.807, 2.05) is 0 Å². The van der Waals surface area contributed by atoms with Gasteiger partial charge in [-0.2, -0.15) is 0 Å². The lowest BCUT2D eigenvalue weighted by atomic mass is 10.5. The molecule has 7 heteroatoms. The average Bonchev–Trinajstić information content (AvgIpc) is 2.49. The number of nitrogens with zero attached hydrogens (tertiary/aromatic N) is 3. The monoisotopic (exact) mass is 185 g/mol. The zero-order valence-corrected chi connectivity index (χ0v) is 6.33. The molecule has 3 N–H and O–H groups in total. The number of imidazole rings is 1. The van der Waals surface area contributed by atoms with Crippen LogP contribution in [0.1, 0.15) is 12.2 Å². The molecule has 2 aromatic heterocycles. The van der Waals surface area contributed by atoms with Crippen LogP contribution >= 0.6 is 0 Å². The van der Waals surface area contributed by atoms with Crippen molar-refractivity contribution in [2.75, 3.05) is 5.73 Å². The predicted molar refractivity (Wildman–Crippen MR) is 41.1 cm³/mol. The summed E-state index contributed by atoms with van der Waals surface area (Å²) >= 11 is 0. The first-order chi connectivity index (χ1) is 6.18. The lowest BCUT2D eigenvalue weighted by Gasteiger charge is -1.90. The molecule has 0 aromatic carbocycles. The first kappa shape index (κ1) is 7.84. The number of anilines is 1. The molecule has 0 fully saturated rings. The van der Waals surface area contributed by atoms with Crippen LogP contribution in [0.4, 0.5) is 14.6 Å². The van der Waals surface area contributed by atoms with E-state index in [-0.39, 0.29) is 17.0 Å². The van der Waals surface area contributed by atoms with E-state index in [0.717, 1.165) is 0 Å². The van der Waals surface area contributed by atoms with Crippen molar-refractivity contribution in [2.45, 2.75) is 6.43 Å². The second-order valence-electron chi connectivity index (χ2n) is 2.38. The summed E-state index contributed by atoms with van der Waals surface area (Å²) in [4.78, 5) is 13.2. The molecule has 13 heavy (non-hydrogen) atoms.